The molecule has 1 aromatic heterocycles. The molecule has 0 saturated heterocycles. The minimum Gasteiger partial charge on any atom is -0.276 e. The number of nitrogens with zero attached hydrogens (tertiary/aromatic N) is 4. The molecule has 0 N–H and O–H groups in total. The molecule has 1 aliphatic carbocycles. The summed E-state index contributed by atoms with van der Waals surface area (Å²) < 4.78 is 0. The summed E-state index contributed by atoms with van der Waals surface area (Å²) in [5.41, 5.74) is 0.746. The second-order valence-electron chi connectivity index (χ2n) is 5.76. The molecular weight excluding hydrogens is 324 g/mol. The van der Waals surface area contributed by atoms with Gasteiger partial charge in [-0.2, -0.15) is 5.10 Å². The number of rotatable bonds is 5. The first kappa shape index (κ1) is 14.9. The van der Waals surface area contributed by atoms with Crippen molar-refractivity contribution in [1.29, 1.82) is 0 Å². The number of hydrogen-bond donors (Lipinski definition) is 0. The van der Waals surface area contributed by atoms with Gasteiger partial charge in [0.25, 0.3) is 0 Å². The predicted octanol–water partition coefficient (Wildman–Crippen LogP) is 3.83. The zero-order valence-electron chi connectivity index (χ0n) is 12.8. The lowest BCUT2D eigenvalue weighted by Gasteiger charge is -2.33. The molecule has 0 unspecified atom stereocenters. The number of benzene rings is 2. The van der Waals surface area contributed by atoms with Crippen LogP contribution in [-0.4, -0.2) is 22.6 Å². The van der Waals surface area contributed by atoms with Crippen molar-refractivity contribution < 1.29 is 4.79 Å². The van der Waals surface area contributed by atoms with Gasteiger partial charge in [0.05, 0.1) is 17.9 Å². The lowest BCUT2D eigenvalue weighted by molar-refractivity contribution is -0.107. The Kier molecular flexibility index (Phi) is 3.78. The molecule has 0 radical (unpaired) electrons. The molecule has 6 heteroatoms. The maximum Gasteiger partial charge on any atom is 0.233 e. The van der Waals surface area contributed by atoms with Gasteiger partial charge in [0.15, 0.2) is 5.82 Å². The number of fused-ring (bicyclic) bond motifs is 1. The van der Waals surface area contributed by atoms with Gasteiger partial charge in [0, 0.05) is 15.8 Å². The number of hydrazine groups is 1. The van der Waals surface area contributed by atoms with Gasteiger partial charge in [-0.25, -0.2) is 5.01 Å². The predicted molar refractivity (Wildman–Crippen MR) is 95.0 cm³/mol. The summed E-state index contributed by atoms with van der Waals surface area (Å²) in [5.74, 6) is 0.692. The van der Waals surface area contributed by atoms with Crippen molar-refractivity contribution in [3.63, 3.8) is 0 Å². The number of hydrogen-bond acceptors (Lipinski definition) is 4. The summed E-state index contributed by atoms with van der Waals surface area (Å²) in [5, 5.41) is 14.6. The molecule has 0 spiro atoms. The minimum atomic E-state index is 0.242. The van der Waals surface area contributed by atoms with Gasteiger partial charge >= 0.3 is 0 Å². The van der Waals surface area contributed by atoms with Gasteiger partial charge in [-0.05, 0) is 37.1 Å². The van der Waals surface area contributed by atoms with E-state index < -0.39 is 0 Å². The van der Waals surface area contributed by atoms with Crippen LogP contribution >= 0.6 is 11.6 Å². The third kappa shape index (κ3) is 2.67. The quantitative estimate of drug-likeness (QED) is 0.524. The van der Waals surface area contributed by atoms with Crippen molar-refractivity contribution in [3.05, 3.63) is 59.8 Å². The Morgan fingerprint density at radius 2 is 1.83 bits per heavy atom. The second-order valence-corrected chi connectivity index (χ2v) is 6.19. The maximum absolute atomic E-state index is 11.9. The van der Waals surface area contributed by atoms with Crippen molar-refractivity contribution in [2.45, 2.75) is 18.9 Å². The van der Waals surface area contributed by atoms with Crippen LogP contribution in [0.25, 0.3) is 10.8 Å². The first-order valence-corrected chi connectivity index (χ1v) is 8.15. The van der Waals surface area contributed by atoms with E-state index in [4.69, 9.17) is 11.6 Å². The average Bonchev–Trinajstić information content (AvgIpc) is 3.45. The molecule has 120 valence electrons. The zero-order valence-corrected chi connectivity index (χ0v) is 13.6. The van der Waals surface area contributed by atoms with Crippen LogP contribution in [0, 0.1) is 0 Å². The Morgan fingerprint density at radius 3 is 2.54 bits per heavy atom. The Labute approximate surface area is 144 Å². The standard InChI is InChI=1S/C18H15ClN4O/c19-14-5-7-15(8-6-14)22(12-24)23(16-9-10-16)18-17-4-2-1-3-13(17)11-20-21-18/h1-8,11-12,16H,9-10H2. The molecular formula is C18H15ClN4O. The van der Waals surface area contributed by atoms with Crippen LogP contribution in [-0.2, 0) is 4.79 Å². The molecule has 0 atom stereocenters. The molecule has 1 amide bonds. The minimum absolute atomic E-state index is 0.242. The van der Waals surface area contributed by atoms with Crippen LogP contribution in [0.15, 0.2) is 54.7 Å². The van der Waals surface area contributed by atoms with Crippen molar-refractivity contribution in [3.8, 4) is 0 Å². The lowest BCUT2D eigenvalue weighted by atomic mass is 10.2. The molecule has 5 nitrogen and oxygen atoms in total. The molecule has 0 aliphatic heterocycles. The van der Waals surface area contributed by atoms with Crippen molar-refractivity contribution in [1.82, 2.24) is 10.2 Å². The Morgan fingerprint density at radius 1 is 1.08 bits per heavy atom. The fourth-order valence-corrected chi connectivity index (χ4v) is 2.91. The van der Waals surface area contributed by atoms with Crippen molar-refractivity contribution >= 4 is 40.3 Å². The Balaban J connectivity index is 1.84. The normalized spacial score (nSPS) is 13.7. The average molecular weight is 339 g/mol. The molecule has 1 heterocycles. The molecule has 1 saturated carbocycles. The van der Waals surface area contributed by atoms with E-state index >= 15 is 0 Å². The molecule has 0 bridgehead atoms. The summed E-state index contributed by atoms with van der Waals surface area (Å²) in [4.78, 5) is 11.9. The van der Waals surface area contributed by atoms with E-state index in [9.17, 15) is 4.79 Å². The highest BCUT2D eigenvalue weighted by Gasteiger charge is 2.35. The van der Waals surface area contributed by atoms with Crippen LogP contribution in [0.2, 0.25) is 5.02 Å². The highest BCUT2D eigenvalue weighted by atomic mass is 35.5. The van der Waals surface area contributed by atoms with Crippen LogP contribution in [0.4, 0.5) is 11.5 Å². The third-order valence-electron chi connectivity index (χ3n) is 4.08. The number of halogens is 1. The first-order valence-electron chi connectivity index (χ1n) is 7.77. The van der Waals surface area contributed by atoms with E-state index in [1.807, 2.05) is 41.4 Å². The fourth-order valence-electron chi connectivity index (χ4n) is 2.78. The van der Waals surface area contributed by atoms with Gasteiger partial charge < -0.3 is 0 Å². The smallest absolute Gasteiger partial charge is 0.233 e. The Bertz CT molecular complexity index is 874. The highest BCUT2D eigenvalue weighted by Crippen LogP contribution is 2.36. The van der Waals surface area contributed by atoms with Crippen LogP contribution in [0.1, 0.15) is 12.8 Å². The summed E-state index contributed by atoms with van der Waals surface area (Å²) in [7, 11) is 0. The molecule has 24 heavy (non-hydrogen) atoms. The van der Waals surface area contributed by atoms with Crippen molar-refractivity contribution in [2.24, 2.45) is 0 Å². The lowest BCUT2D eigenvalue weighted by Crippen LogP contribution is -2.44. The highest BCUT2D eigenvalue weighted by molar-refractivity contribution is 6.30. The fraction of sp³-hybridized carbons (Fsp3) is 0.167. The van der Waals surface area contributed by atoms with Gasteiger partial charge in [0.1, 0.15) is 0 Å². The summed E-state index contributed by atoms with van der Waals surface area (Å²) in [6.45, 7) is 0. The largest absolute Gasteiger partial charge is 0.276 e. The number of anilines is 2. The van der Waals surface area contributed by atoms with Gasteiger partial charge in [-0.1, -0.05) is 35.9 Å². The maximum atomic E-state index is 11.9. The molecule has 4 rings (SSSR count). The Hall–Kier alpha value is -2.66. The van der Waals surface area contributed by atoms with Gasteiger partial charge in [-0.3, -0.25) is 9.80 Å². The number of carbonyl (C=O) groups is 1. The van der Waals surface area contributed by atoms with E-state index in [0.717, 1.165) is 35.7 Å². The summed E-state index contributed by atoms with van der Waals surface area (Å²) in [6, 6.07) is 15.4. The number of amides is 1. The van der Waals surface area contributed by atoms with Crippen LogP contribution in [0.5, 0.6) is 0 Å². The topological polar surface area (TPSA) is 49.3 Å². The monoisotopic (exact) mass is 338 g/mol. The summed E-state index contributed by atoms with van der Waals surface area (Å²) in [6.07, 6.45) is 4.58. The van der Waals surface area contributed by atoms with Crippen molar-refractivity contribution in [2.75, 3.05) is 10.0 Å². The van der Waals surface area contributed by atoms with E-state index in [2.05, 4.69) is 10.2 Å². The second kappa shape index (κ2) is 6.09. The zero-order chi connectivity index (χ0) is 16.5. The van der Waals surface area contributed by atoms with Gasteiger partial charge in [0.2, 0.25) is 6.41 Å². The molecule has 1 aliphatic rings. The van der Waals surface area contributed by atoms with E-state index in [0.29, 0.717) is 10.8 Å². The SMILES string of the molecule is O=CN(c1ccc(Cl)cc1)N(c1nncc2ccccc12)C1CC1. The summed E-state index contributed by atoms with van der Waals surface area (Å²) >= 11 is 5.97. The van der Waals surface area contributed by atoms with E-state index in [-0.39, 0.29) is 6.04 Å². The van der Waals surface area contributed by atoms with Crippen LogP contribution < -0.4 is 10.0 Å². The first-order chi connectivity index (χ1) is 11.8. The van der Waals surface area contributed by atoms with E-state index in [1.165, 1.54) is 0 Å². The number of aromatic nitrogens is 2. The number of carbonyl (C=O) groups excluding carboxylic acids is 1. The third-order valence-corrected chi connectivity index (χ3v) is 4.34. The van der Waals surface area contributed by atoms with Crippen LogP contribution in [0.3, 0.4) is 0 Å². The molecule has 2 aromatic carbocycles. The van der Waals surface area contributed by atoms with E-state index in [1.54, 1.807) is 23.3 Å². The molecule has 1 fully saturated rings. The molecule has 3 aromatic rings. The van der Waals surface area contributed by atoms with Gasteiger partial charge in [-0.15, -0.1) is 5.10 Å².